The predicted octanol–water partition coefficient (Wildman–Crippen LogP) is 3.32. The number of hydrogen-bond acceptors (Lipinski definition) is 5. The Labute approximate surface area is 136 Å². The Balaban J connectivity index is 3.05. The Hall–Kier alpha value is -1.89. The molecule has 1 aromatic rings. The number of benzene rings is 1. The lowest BCUT2D eigenvalue weighted by atomic mass is 10.2. The van der Waals surface area contributed by atoms with Crippen molar-refractivity contribution < 1.29 is 23.5 Å². The van der Waals surface area contributed by atoms with E-state index in [2.05, 4.69) is 21.2 Å². The molecule has 0 unspecified atom stereocenters. The molecule has 0 aromatic heterocycles. The van der Waals surface area contributed by atoms with Gasteiger partial charge in [-0.05, 0) is 48.3 Å². The zero-order chi connectivity index (χ0) is 16.7. The van der Waals surface area contributed by atoms with Gasteiger partial charge in [0.1, 0.15) is 0 Å². The summed E-state index contributed by atoms with van der Waals surface area (Å²) in [5, 5.41) is 2.59. The fourth-order valence-corrected chi connectivity index (χ4v) is 1.87. The van der Waals surface area contributed by atoms with Crippen LogP contribution in [0.1, 0.15) is 19.4 Å². The van der Waals surface area contributed by atoms with Gasteiger partial charge < -0.3 is 14.8 Å². The summed E-state index contributed by atoms with van der Waals surface area (Å²) >= 11 is 3.13. The van der Waals surface area contributed by atoms with Gasteiger partial charge >= 0.3 is 11.9 Å². The molecule has 5 nitrogen and oxygen atoms in total. The van der Waals surface area contributed by atoms with Crippen molar-refractivity contribution in [1.82, 2.24) is 0 Å². The molecule has 0 aliphatic rings. The molecule has 0 aliphatic carbocycles. The van der Waals surface area contributed by atoms with Crippen LogP contribution < -0.4 is 5.32 Å². The number of nitrogens with one attached hydrogen (secondary N) is 1. The number of esters is 2. The molecular weight excluding hydrogens is 357 g/mol. The van der Waals surface area contributed by atoms with Crippen molar-refractivity contribution >= 4 is 33.6 Å². The largest absolute Gasteiger partial charge is 0.462 e. The van der Waals surface area contributed by atoms with E-state index in [1.807, 2.05) is 0 Å². The Morgan fingerprint density at radius 2 is 1.77 bits per heavy atom. The summed E-state index contributed by atoms with van der Waals surface area (Å²) in [4.78, 5) is 23.5. The van der Waals surface area contributed by atoms with E-state index in [0.717, 1.165) is 11.8 Å². The highest BCUT2D eigenvalue weighted by molar-refractivity contribution is 9.10. The average Bonchev–Trinajstić information content (AvgIpc) is 2.48. The number of hydrogen-bond donors (Lipinski definition) is 1. The highest BCUT2D eigenvalue weighted by Gasteiger charge is 2.21. The number of halogens is 2. The maximum atomic E-state index is 14.0. The van der Waals surface area contributed by atoms with Crippen molar-refractivity contribution in [3.63, 3.8) is 0 Å². The first-order valence-electron chi connectivity index (χ1n) is 6.67. The fraction of sp³-hybridized carbons (Fsp3) is 0.333. The molecule has 0 saturated heterocycles. The Morgan fingerprint density at radius 3 is 2.27 bits per heavy atom. The van der Waals surface area contributed by atoms with Crippen LogP contribution in [0.2, 0.25) is 0 Å². The van der Waals surface area contributed by atoms with E-state index in [-0.39, 0.29) is 24.5 Å². The minimum atomic E-state index is -0.833. The monoisotopic (exact) mass is 373 g/mol. The molecule has 1 aromatic carbocycles. The Kier molecular flexibility index (Phi) is 7.04. The summed E-state index contributed by atoms with van der Waals surface area (Å²) in [5.74, 6) is -2.19. The summed E-state index contributed by atoms with van der Waals surface area (Å²) < 4.78 is 23.9. The van der Waals surface area contributed by atoms with Gasteiger partial charge in [0, 0.05) is 6.20 Å². The summed E-state index contributed by atoms with van der Waals surface area (Å²) in [6, 6.07) is 3.19. The van der Waals surface area contributed by atoms with Gasteiger partial charge in [0.05, 0.1) is 23.4 Å². The zero-order valence-electron chi connectivity index (χ0n) is 12.5. The number of carbonyl (C=O) groups is 2. The van der Waals surface area contributed by atoms with Crippen LogP contribution in [-0.2, 0) is 19.1 Å². The average molecular weight is 374 g/mol. The van der Waals surface area contributed by atoms with Crippen LogP contribution in [0.4, 0.5) is 10.1 Å². The molecule has 0 saturated carbocycles. The number of rotatable bonds is 6. The van der Waals surface area contributed by atoms with Gasteiger partial charge in [-0.3, -0.25) is 0 Å². The van der Waals surface area contributed by atoms with Crippen molar-refractivity contribution in [1.29, 1.82) is 0 Å². The first kappa shape index (κ1) is 18.2. The molecule has 0 radical (unpaired) electrons. The quantitative estimate of drug-likeness (QED) is 0.358. The fourth-order valence-electron chi connectivity index (χ4n) is 1.53. The van der Waals surface area contributed by atoms with Crippen molar-refractivity contribution in [2.24, 2.45) is 0 Å². The van der Waals surface area contributed by atoms with E-state index in [9.17, 15) is 14.0 Å². The Bertz CT molecular complexity index is 581. The second-order valence-corrected chi connectivity index (χ2v) is 4.99. The van der Waals surface area contributed by atoms with Crippen LogP contribution in [0.15, 0.2) is 28.4 Å². The molecule has 0 amide bonds. The van der Waals surface area contributed by atoms with E-state index in [1.54, 1.807) is 26.8 Å². The van der Waals surface area contributed by atoms with Gasteiger partial charge in [0.15, 0.2) is 11.4 Å². The van der Waals surface area contributed by atoms with Gasteiger partial charge in [-0.25, -0.2) is 14.0 Å². The zero-order valence-corrected chi connectivity index (χ0v) is 14.1. The molecule has 0 fully saturated rings. The van der Waals surface area contributed by atoms with Crippen LogP contribution in [-0.4, -0.2) is 25.2 Å². The van der Waals surface area contributed by atoms with E-state index in [1.165, 1.54) is 6.07 Å². The molecule has 0 aliphatic heterocycles. The number of aryl methyl sites for hydroxylation is 1. The third-order valence-corrected chi connectivity index (χ3v) is 3.61. The van der Waals surface area contributed by atoms with Crippen molar-refractivity contribution in [2.45, 2.75) is 20.8 Å². The topological polar surface area (TPSA) is 64.6 Å². The molecule has 1 rings (SSSR count). The second-order valence-electron chi connectivity index (χ2n) is 4.20. The van der Waals surface area contributed by atoms with Crippen LogP contribution in [0.5, 0.6) is 0 Å². The molecule has 22 heavy (non-hydrogen) atoms. The SMILES string of the molecule is CCOC(=O)C(=CNc1ccc(C)c(Br)c1F)C(=O)OCC. The molecular formula is C15H17BrFNO4. The highest BCUT2D eigenvalue weighted by atomic mass is 79.9. The van der Waals surface area contributed by atoms with Crippen LogP contribution in [0.25, 0.3) is 0 Å². The van der Waals surface area contributed by atoms with Crippen LogP contribution >= 0.6 is 15.9 Å². The first-order chi connectivity index (χ1) is 10.4. The highest BCUT2D eigenvalue weighted by Crippen LogP contribution is 2.26. The van der Waals surface area contributed by atoms with Gasteiger partial charge in [-0.1, -0.05) is 6.07 Å². The van der Waals surface area contributed by atoms with Crippen LogP contribution in [0, 0.1) is 12.7 Å². The van der Waals surface area contributed by atoms with Gasteiger partial charge in [-0.15, -0.1) is 0 Å². The summed E-state index contributed by atoms with van der Waals surface area (Å²) in [5.41, 5.74) is 0.506. The van der Waals surface area contributed by atoms with E-state index in [0.29, 0.717) is 4.47 Å². The number of ether oxygens (including phenoxy) is 2. The van der Waals surface area contributed by atoms with Crippen molar-refractivity contribution in [2.75, 3.05) is 18.5 Å². The maximum absolute atomic E-state index is 14.0. The molecule has 0 spiro atoms. The summed E-state index contributed by atoms with van der Waals surface area (Å²) in [6.07, 6.45) is 1.08. The first-order valence-corrected chi connectivity index (χ1v) is 7.47. The molecule has 7 heteroatoms. The minimum absolute atomic E-state index is 0.111. The summed E-state index contributed by atoms with van der Waals surface area (Å²) in [7, 11) is 0. The van der Waals surface area contributed by atoms with Crippen molar-refractivity contribution in [3.8, 4) is 0 Å². The van der Waals surface area contributed by atoms with Gasteiger partial charge in [0.2, 0.25) is 0 Å². The lowest BCUT2D eigenvalue weighted by molar-refractivity contribution is -0.146. The number of carbonyl (C=O) groups excluding carboxylic acids is 2. The molecule has 0 bridgehead atoms. The molecule has 120 valence electrons. The van der Waals surface area contributed by atoms with Gasteiger partial charge in [0.25, 0.3) is 0 Å². The number of anilines is 1. The molecule has 0 atom stereocenters. The standard InChI is InChI=1S/C15H17BrFNO4/c1-4-21-14(19)10(15(20)22-5-2)8-18-11-7-6-9(3)12(16)13(11)17/h6-8,18H,4-5H2,1-3H3. The molecule has 0 heterocycles. The summed E-state index contributed by atoms with van der Waals surface area (Å²) in [6.45, 7) is 5.20. The Morgan fingerprint density at radius 1 is 1.23 bits per heavy atom. The third kappa shape index (κ3) is 4.56. The molecule has 1 N–H and O–H groups in total. The lowest BCUT2D eigenvalue weighted by Crippen LogP contribution is -2.19. The third-order valence-electron chi connectivity index (χ3n) is 2.64. The van der Waals surface area contributed by atoms with Crippen molar-refractivity contribution in [3.05, 3.63) is 39.8 Å². The minimum Gasteiger partial charge on any atom is -0.462 e. The predicted molar refractivity (Wildman–Crippen MR) is 83.8 cm³/mol. The normalized spacial score (nSPS) is 9.86. The maximum Gasteiger partial charge on any atom is 0.347 e. The van der Waals surface area contributed by atoms with E-state index in [4.69, 9.17) is 9.47 Å². The lowest BCUT2D eigenvalue weighted by Gasteiger charge is -2.09. The van der Waals surface area contributed by atoms with E-state index < -0.39 is 17.8 Å². The van der Waals surface area contributed by atoms with Gasteiger partial charge in [-0.2, -0.15) is 0 Å². The smallest absolute Gasteiger partial charge is 0.347 e. The van der Waals surface area contributed by atoms with E-state index >= 15 is 0 Å². The van der Waals surface area contributed by atoms with Crippen LogP contribution in [0.3, 0.4) is 0 Å². The second kappa shape index (κ2) is 8.53.